The van der Waals surface area contributed by atoms with Crippen LogP contribution in [0, 0.1) is 5.92 Å². The molecule has 0 unspecified atom stereocenters. The molecule has 0 spiro atoms. The van der Waals surface area contributed by atoms with Gasteiger partial charge in [0.15, 0.2) is 0 Å². The number of hydrogen-bond acceptors (Lipinski definition) is 0. The van der Waals surface area contributed by atoms with Gasteiger partial charge in [0, 0.05) is 0 Å². The molecule has 0 bridgehead atoms. The molecule has 10 heavy (non-hydrogen) atoms. The van der Waals surface area contributed by atoms with E-state index < -0.39 is 0 Å². The van der Waals surface area contributed by atoms with Gasteiger partial charge in [0.2, 0.25) is 0 Å². The van der Waals surface area contributed by atoms with E-state index in [2.05, 4.69) is 20.8 Å². The van der Waals surface area contributed by atoms with Gasteiger partial charge < -0.3 is 0 Å². The fourth-order valence-electron chi connectivity index (χ4n) is 1.99. The molecule has 0 saturated carbocycles. The van der Waals surface area contributed by atoms with Gasteiger partial charge in [-0.1, -0.05) is 31.9 Å². The Morgan fingerprint density at radius 1 is 1.10 bits per heavy atom. The van der Waals surface area contributed by atoms with Crippen LogP contribution in [0.3, 0.4) is 0 Å². The first-order chi connectivity index (χ1) is 4.77. The molecule has 58 valence electrons. The van der Waals surface area contributed by atoms with Gasteiger partial charge in [-0.05, 0) is 31.6 Å². The molecule has 0 radical (unpaired) electrons. The van der Waals surface area contributed by atoms with E-state index in [4.69, 9.17) is 0 Å². The summed E-state index contributed by atoms with van der Waals surface area (Å²) in [7, 11) is 0. The van der Waals surface area contributed by atoms with Crippen molar-refractivity contribution in [2.75, 3.05) is 0 Å². The van der Waals surface area contributed by atoms with Crippen molar-refractivity contribution in [3.63, 3.8) is 0 Å². The Morgan fingerprint density at radius 2 is 1.50 bits per heavy atom. The van der Waals surface area contributed by atoms with Crippen LogP contribution in [0.4, 0.5) is 0 Å². The van der Waals surface area contributed by atoms with Crippen molar-refractivity contribution in [3.8, 4) is 0 Å². The van der Waals surface area contributed by atoms with Crippen LogP contribution in [0.2, 0.25) is 0 Å². The molecule has 0 nitrogen and oxygen atoms in total. The smallest absolute Gasteiger partial charge is 0.0289 e. The van der Waals surface area contributed by atoms with Crippen LogP contribution in [0.5, 0.6) is 0 Å². The molecule has 0 atom stereocenters. The summed E-state index contributed by atoms with van der Waals surface area (Å²) in [6, 6.07) is 0. The highest BCUT2D eigenvalue weighted by Crippen LogP contribution is 2.34. The maximum atomic E-state index is 2.36. The Bertz CT molecular complexity index is 126. The second kappa shape index (κ2) is 3.23. The molecule has 1 aliphatic carbocycles. The van der Waals surface area contributed by atoms with Gasteiger partial charge in [0.25, 0.3) is 0 Å². The zero-order valence-electron chi connectivity index (χ0n) is 7.41. The molecule has 0 amide bonds. The highest BCUT2D eigenvalue weighted by Gasteiger charge is 2.17. The third-order valence-electron chi connectivity index (χ3n) is 2.54. The molecule has 0 aliphatic heterocycles. The Hall–Kier alpha value is -0.260. The Morgan fingerprint density at radius 3 is 1.80 bits per heavy atom. The van der Waals surface area contributed by atoms with E-state index >= 15 is 0 Å². The van der Waals surface area contributed by atoms with Gasteiger partial charge >= 0.3 is 0 Å². The van der Waals surface area contributed by atoms with Crippen molar-refractivity contribution in [2.24, 2.45) is 5.92 Å². The summed E-state index contributed by atoms with van der Waals surface area (Å²) in [6.07, 6.45) is 5.32. The second-order valence-electron chi connectivity index (χ2n) is 3.43. The summed E-state index contributed by atoms with van der Waals surface area (Å²) in [5.41, 5.74) is 3.49. The fourth-order valence-corrected chi connectivity index (χ4v) is 1.99. The second-order valence-corrected chi connectivity index (χ2v) is 3.43. The first-order valence-corrected chi connectivity index (χ1v) is 4.47. The molecule has 0 aromatic rings. The zero-order valence-corrected chi connectivity index (χ0v) is 7.41. The summed E-state index contributed by atoms with van der Waals surface area (Å²) < 4.78 is 0. The standard InChI is InChI=1S/C10H18/c1-4-9-6-8(3)7-10(9)5-2/h8H,4-7H2,1-3H3. The summed E-state index contributed by atoms with van der Waals surface area (Å²) in [6.45, 7) is 6.92. The van der Waals surface area contributed by atoms with Gasteiger partial charge in [-0.15, -0.1) is 0 Å². The highest BCUT2D eigenvalue weighted by atomic mass is 14.2. The quantitative estimate of drug-likeness (QED) is 0.512. The normalized spacial score (nSPS) is 20.7. The van der Waals surface area contributed by atoms with Gasteiger partial charge in [-0.3, -0.25) is 0 Å². The third kappa shape index (κ3) is 1.42. The van der Waals surface area contributed by atoms with Crippen LogP contribution < -0.4 is 0 Å². The molecule has 0 saturated heterocycles. The summed E-state index contributed by atoms with van der Waals surface area (Å²) in [4.78, 5) is 0. The number of hydrogen-bond donors (Lipinski definition) is 0. The molecule has 1 rings (SSSR count). The average Bonchev–Trinajstić information content (AvgIpc) is 2.30. The zero-order chi connectivity index (χ0) is 7.56. The lowest BCUT2D eigenvalue weighted by Crippen LogP contribution is -1.84. The average molecular weight is 138 g/mol. The molecule has 1 aliphatic rings. The molecule has 0 aromatic heterocycles. The predicted molar refractivity (Wildman–Crippen MR) is 46.0 cm³/mol. The number of rotatable bonds is 2. The molecule has 0 fully saturated rings. The van der Waals surface area contributed by atoms with E-state index in [9.17, 15) is 0 Å². The van der Waals surface area contributed by atoms with Crippen LogP contribution >= 0.6 is 0 Å². The van der Waals surface area contributed by atoms with Gasteiger partial charge in [0.05, 0.1) is 0 Å². The van der Waals surface area contributed by atoms with E-state index in [1.807, 2.05) is 0 Å². The van der Waals surface area contributed by atoms with E-state index in [-0.39, 0.29) is 0 Å². The van der Waals surface area contributed by atoms with Crippen LogP contribution in [0.1, 0.15) is 46.5 Å². The minimum absolute atomic E-state index is 0.935. The molecule has 0 heterocycles. The topological polar surface area (TPSA) is 0 Å². The van der Waals surface area contributed by atoms with Crippen molar-refractivity contribution < 1.29 is 0 Å². The SMILES string of the molecule is CCC1=C(CC)CC(C)C1. The predicted octanol–water partition coefficient (Wildman–Crippen LogP) is 3.53. The maximum absolute atomic E-state index is 2.36. The summed E-state index contributed by atoms with van der Waals surface area (Å²) >= 11 is 0. The highest BCUT2D eigenvalue weighted by molar-refractivity contribution is 5.20. The first kappa shape index (κ1) is 7.84. The Labute approximate surface area is 64.3 Å². The first-order valence-electron chi connectivity index (χ1n) is 4.47. The minimum atomic E-state index is 0.935. The summed E-state index contributed by atoms with van der Waals surface area (Å²) in [5.74, 6) is 0.935. The van der Waals surface area contributed by atoms with Crippen molar-refractivity contribution in [1.82, 2.24) is 0 Å². The lowest BCUT2D eigenvalue weighted by molar-refractivity contribution is 0.611. The third-order valence-corrected chi connectivity index (χ3v) is 2.54. The molecular weight excluding hydrogens is 120 g/mol. The summed E-state index contributed by atoms with van der Waals surface area (Å²) in [5, 5.41) is 0. The molecular formula is C10H18. The lowest BCUT2D eigenvalue weighted by atomic mass is 10.1. The molecule has 0 heteroatoms. The van der Waals surface area contributed by atoms with E-state index in [0.29, 0.717) is 0 Å². The van der Waals surface area contributed by atoms with Crippen LogP contribution in [0.25, 0.3) is 0 Å². The van der Waals surface area contributed by atoms with E-state index in [0.717, 1.165) is 5.92 Å². The Balaban J connectivity index is 2.61. The van der Waals surface area contributed by atoms with Crippen molar-refractivity contribution in [1.29, 1.82) is 0 Å². The van der Waals surface area contributed by atoms with Crippen LogP contribution in [-0.4, -0.2) is 0 Å². The van der Waals surface area contributed by atoms with Crippen molar-refractivity contribution in [2.45, 2.75) is 46.5 Å². The van der Waals surface area contributed by atoms with E-state index in [1.165, 1.54) is 25.7 Å². The van der Waals surface area contributed by atoms with Gasteiger partial charge in [0.1, 0.15) is 0 Å². The molecule has 0 N–H and O–H groups in total. The van der Waals surface area contributed by atoms with Crippen molar-refractivity contribution >= 4 is 0 Å². The van der Waals surface area contributed by atoms with Crippen LogP contribution in [-0.2, 0) is 0 Å². The van der Waals surface area contributed by atoms with Crippen LogP contribution in [0.15, 0.2) is 11.1 Å². The fraction of sp³-hybridized carbons (Fsp3) is 0.800. The van der Waals surface area contributed by atoms with E-state index in [1.54, 1.807) is 11.1 Å². The lowest BCUT2D eigenvalue weighted by Gasteiger charge is -1.99. The van der Waals surface area contributed by atoms with Gasteiger partial charge in [-0.25, -0.2) is 0 Å². The van der Waals surface area contributed by atoms with Crippen molar-refractivity contribution in [3.05, 3.63) is 11.1 Å². The Kier molecular flexibility index (Phi) is 2.53. The van der Waals surface area contributed by atoms with Gasteiger partial charge in [-0.2, -0.15) is 0 Å². The molecule has 0 aromatic carbocycles. The minimum Gasteiger partial charge on any atom is -0.0710 e. The maximum Gasteiger partial charge on any atom is -0.0289 e. The number of allylic oxidation sites excluding steroid dienone is 2. The monoisotopic (exact) mass is 138 g/mol. The largest absolute Gasteiger partial charge is 0.0710 e.